The van der Waals surface area contributed by atoms with Gasteiger partial charge in [-0.25, -0.2) is 6.54 Å². The average molecular weight is 374 g/mol. The minimum atomic E-state index is -0.622. The van der Waals surface area contributed by atoms with Gasteiger partial charge in [0.25, 0.3) is 0 Å². The standard InChI is InChI=1S/C13H21N3O2S.Y/c1-13(3-5-14(11-17)6-4-13)10-15-7-8-16(19-2)9-12(15)18;/h7,11H,1,3-6,8-10H2,2H3;/q-2;/i11T;. The summed E-state index contributed by atoms with van der Waals surface area (Å²) in [5.41, 5.74) is -0.209. The number of piperidine rings is 1. The molecule has 0 N–H and O–H groups in total. The number of nitrogens with zero attached hydrogens (tertiary/aromatic N) is 3. The van der Waals surface area contributed by atoms with Crippen LogP contribution >= 0.6 is 11.9 Å². The molecule has 0 aromatic heterocycles. The van der Waals surface area contributed by atoms with Gasteiger partial charge in [-0.1, -0.05) is 31.3 Å². The Morgan fingerprint density at radius 2 is 2.20 bits per heavy atom. The van der Waals surface area contributed by atoms with E-state index in [0.717, 1.165) is 19.4 Å². The summed E-state index contributed by atoms with van der Waals surface area (Å²) >= 11 is 1.57. The van der Waals surface area contributed by atoms with Gasteiger partial charge in [0.05, 0.1) is 6.54 Å². The van der Waals surface area contributed by atoms with Crippen molar-refractivity contribution in [1.29, 1.82) is 0 Å². The fraction of sp³-hybridized carbons (Fsp3) is 0.692. The van der Waals surface area contributed by atoms with Crippen LogP contribution in [0.2, 0.25) is 0 Å². The number of amides is 2. The van der Waals surface area contributed by atoms with Gasteiger partial charge in [-0.05, 0) is 12.8 Å². The molecule has 2 rings (SSSR count). The van der Waals surface area contributed by atoms with Crippen LogP contribution in [-0.4, -0.2) is 65.4 Å². The van der Waals surface area contributed by atoms with Gasteiger partial charge in [0.1, 0.15) is 1.37 Å². The molecule has 0 unspecified atom stereocenters. The van der Waals surface area contributed by atoms with E-state index < -0.39 is 6.39 Å². The molecule has 0 bridgehead atoms. The molecule has 111 valence electrons. The average Bonchev–Trinajstić information content (AvgIpc) is 2.41. The zero-order valence-corrected chi connectivity index (χ0v) is 15.5. The van der Waals surface area contributed by atoms with Crippen molar-refractivity contribution in [2.75, 3.05) is 39.0 Å². The van der Waals surface area contributed by atoms with Gasteiger partial charge in [-0.2, -0.15) is 0 Å². The molecule has 2 heterocycles. The summed E-state index contributed by atoms with van der Waals surface area (Å²) in [5, 5.41) is 0. The first-order chi connectivity index (χ1) is 9.43. The van der Waals surface area contributed by atoms with Crippen molar-refractivity contribution >= 4 is 24.2 Å². The van der Waals surface area contributed by atoms with Crippen LogP contribution in [0.15, 0.2) is 0 Å². The van der Waals surface area contributed by atoms with Crippen LogP contribution in [0.5, 0.6) is 0 Å². The second kappa shape index (κ2) is 8.11. The topological polar surface area (TPSA) is 43.9 Å². The Morgan fingerprint density at radius 1 is 1.55 bits per heavy atom. The Labute approximate surface area is 152 Å². The molecule has 0 atom stereocenters. The summed E-state index contributed by atoms with van der Waals surface area (Å²) in [5.74, 6) is 0.104. The maximum absolute atomic E-state index is 12.1. The van der Waals surface area contributed by atoms with Crippen LogP contribution in [0.25, 0.3) is 0 Å². The van der Waals surface area contributed by atoms with Crippen molar-refractivity contribution in [3.63, 3.8) is 0 Å². The predicted molar refractivity (Wildman–Crippen MR) is 75.8 cm³/mol. The molecule has 1 radical (unpaired) electrons. The van der Waals surface area contributed by atoms with E-state index in [4.69, 9.17) is 1.37 Å². The normalized spacial score (nSPS) is 24.1. The van der Waals surface area contributed by atoms with E-state index >= 15 is 0 Å². The molecular formula is C13H21N3O2SY-2. The summed E-state index contributed by atoms with van der Waals surface area (Å²) in [6.07, 6.45) is 2.82. The Kier molecular flexibility index (Phi) is 6.78. The predicted octanol–water partition coefficient (Wildman–Crippen LogP) is 0.641. The van der Waals surface area contributed by atoms with Crippen LogP contribution in [0.1, 0.15) is 14.2 Å². The van der Waals surface area contributed by atoms with Crippen molar-refractivity contribution in [2.45, 2.75) is 12.8 Å². The smallest absolute Gasteiger partial charge is 0.209 e. The summed E-state index contributed by atoms with van der Waals surface area (Å²) in [4.78, 5) is 26.4. The van der Waals surface area contributed by atoms with Crippen molar-refractivity contribution in [3.8, 4) is 0 Å². The monoisotopic (exact) mass is 374 g/mol. The van der Waals surface area contributed by atoms with Crippen LogP contribution < -0.4 is 0 Å². The summed E-state index contributed by atoms with van der Waals surface area (Å²) in [6.45, 7) is 9.11. The van der Waals surface area contributed by atoms with Crippen LogP contribution in [-0.2, 0) is 42.3 Å². The molecule has 0 saturated carbocycles. The van der Waals surface area contributed by atoms with Gasteiger partial charge < -0.3 is 16.7 Å². The van der Waals surface area contributed by atoms with E-state index in [2.05, 4.69) is 6.92 Å². The van der Waals surface area contributed by atoms with Crippen molar-refractivity contribution in [3.05, 3.63) is 13.5 Å². The maximum atomic E-state index is 12.1. The van der Waals surface area contributed by atoms with Crippen LogP contribution in [0.4, 0.5) is 0 Å². The van der Waals surface area contributed by atoms with E-state index in [1.54, 1.807) is 16.8 Å². The van der Waals surface area contributed by atoms with E-state index in [1.807, 2.05) is 17.1 Å². The van der Waals surface area contributed by atoms with Crippen LogP contribution in [0.3, 0.4) is 0 Å². The second-order valence-corrected chi connectivity index (χ2v) is 6.17. The number of hydrogen-bond acceptors (Lipinski definition) is 4. The largest absolute Gasteiger partial charge is 0.492 e. The number of carbonyl (C=O) groups is 2. The molecule has 7 heteroatoms. The summed E-state index contributed by atoms with van der Waals surface area (Å²) in [6, 6.07) is 0. The number of hydrogen-bond donors (Lipinski definition) is 0. The van der Waals surface area contributed by atoms with Gasteiger partial charge in [-0.15, -0.1) is 5.41 Å². The number of likely N-dealkylation sites (tertiary alicyclic amines) is 1. The van der Waals surface area contributed by atoms with Crippen LogP contribution in [0, 0.1) is 18.9 Å². The zero-order valence-electron chi connectivity index (χ0n) is 12.9. The Balaban J connectivity index is 0.00000220. The van der Waals surface area contributed by atoms with Gasteiger partial charge in [0.2, 0.25) is 12.3 Å². The molecular weight excluding hydrogens is 351 g/mol. The Morgan fingerprint density at radius 3 is 2.70 bits per heavy atom. The number of rotatable bonds is 3. The number of piperazine rings is 1. The second-order valence-electron chi connectivity index (χ2n) is 5.29. The third-order valence-electron chi connectivity index (χ3n) is 3.85. The third kappa shape index (κ3) is 4.68. The molecule has 5 nitrogen and oxygen atoms in total. The Bertz CT molecular complexity index is 392. The first-order valence-corrected chi connectivity index (χ1v) is 7.64. The van der Waals surface area contributed by atoms with Crippen molar-refractivity contribution in [2.24, 2.45) is 5.41 Å². The van der Waals surface area contributed by atoms with Crippen molar-refractivity contribution in [1.82, 2.24) is 14.1 Å². The molecule has 2 fully saturated rings. The van der Waals surface area contributed by atoms with Gasteiger partial charge in [0.15, 0.2) is 0 Å². The molecule has 0 aromatic rings. The fourth-order valence-corrected chi connectivity index (χ4v) is 2.94. The van der Waals surface area contributed by atoms with E-state index in [9.17, 15) is 9.59 Å². The Hall–Kier alpha value is 0.354. The van der Waals surface area contributed by atoms with E-state index in [0.29, 0.717) is 26.2 Å². The quantitative estimate of drug-likeness (QED) is 0.413. The first kappa shape index (κ1) is 16.7. The van der Waals surface area contributed by atoms with Gasteiger partial charge >= 0.3 is 0 Å². The fourth-order valence-electron chi connectivity index (χ4n) is 2.48. The zero-order chi connectivity index (χ0) is 14.8. The first-order valence-electron chi connectivity index (χ1n) is 6.96. The molecule has 2 aliphatic heterocycles. The molecule has 2 amide bonds. The molecule has 0 aromatic carbocycles. The van der Waals surface area contributed by atoms with Gasteiger partial charge in [-0.3, -0.25) is 13.9 Å². The van der Waals surface area contributed by atoms with E-state index in [1.165, 1.54) is 4.90 Å². The molecule has 2 aliphatic rings. The molecule has 0 spiro atoms. The molecule has 0 aliphatic carbocycles. The molecule has 20 heavy (non-hydrogen) atoms. The molecule has 2 saturated heterocycles. The summed E-state index contributed by atoms with van der Waals surface area (Å²) in [7, 11) is 0. The summed E-state index contributed by atoms with van der Waals surface area (Å²) < 4.78 is 9.13. The minimum absolute atomic E-state index is 0. The van der Waals surface area contributed by atoms with E-state index in [-0.39, 0.29) is 44.0 Å². The minimum Gasteiger partial charge on any atom is -0.492 e. The number of carbonyl (C=O) groups excluding carboxylic acids is 2. The van der Waals surface area contributed by atoms with Gasteiger partial charge in [0, 0.05) is 45.8 Å². The SMILES string of the molecule is [3H]C(=O)N1CCC([CH2-])(CN2[CH-]CN(SC)CC2=O)CC1.[Y]. The maximum Gasteiger partial charge on any atom is 0.209 e. The third-order valence-corrected chi connectivity index (χ3v) is 4.65. The van der Waals surface area contributed by atoms with Crippen molar-refractivity contribution < 1.29 is 43.7 Å².